The van der Waals surface area contributed by atoms with Gasteiger partial charge >= 0.3 is 0 Å². The summed E-state index contributed by atoms with van der Waals surface area (Å²) in [6.45, 7) is 5.15. The number of anilines is 1. The van der Waals surface area contributed by atoms with Crippen LogP contribution in [-0.4, -0.2) is 59.6 Å². The van der Waals surface area contributed by atoms with Crippen molar-refractivity contribution in [2.24, 2.45) is 10.2 Å². The highest BCUT2D eigenvalue weighted by atomic mass is 16.5. The molecule has 0 saturated carbocycles. The van der Waals surface area contributed by atoms with Crippen molar-refractivity contribution in [3.05, 3.63) is 59.7 Å². The standard InChI is InChI=1S/C23H31N3O3/c1-4-13-27-14-15-28-16-17-29-23-11-7-21(8-12-23)19-25-24-18-20-5-9-22(10-6-20)26(2)3/h5-12,18-19H,4,13-17H2,1-3H3/b24-18+,25-19+. The minimum Gasteiger partial charge on any atom is -0.491 e. The van der Waals surface area contributed by atoms with Crippen molar-refractivity contribution < 1.29 is 14.2 Å². The van der Waals surface area contributed by atoms with E-state index in [1.165, 1.54) is 0 Å². The highest BCUT2D eigenvalue weighted by molar-refractivity contribution is 5.83. The zero-order valence-corrected chi connectivity index (χ0v) is 17.6. The Hall–Kier alpha value is -2.70. The normalized spacial score (nSPS) is 11.4. The summed E-state index contributed by atoms with van der Waals surface area (Å²) in [6, 6.07) is 15.8. The van der Waals surface area contributed by atoms with Gasteiger partial charge in [-0.1, -0.05) is 19.1 Å². The lowest BCUT2D eigenvalue weighted by atomic mass is 10.2. The number of nitrogens with zero attached hydrogens (tertiary/aromatic N) is 3. The Labute approximate surface area is 173 Å². The zero-order valence-electron chi connectivity index (χ0n) is 17.6. The molecule has 0 aliphatic carbocycles. The molecule has 0 aliphatic rings. The Balaban J connectivity index is 1.67. The smallest absolute Gasteiger partial charge is 0.119 e. The van der Waals surface area contributed by atoms with Crippen molar-refractivity contribution in [2.75, 3.05) is 52.0 Å². The molecule has 6 heteroatoms. The lowest BCUT2D eigenvalue weighted by molar-refractivity contribution is 0.0366. The molecule has 156 valence electrons. The van der Waals surface area contributed by atoms with Gasteiger partial charge in [0.25, 0.3) is 0 Å². The van der Waals surface area contributed by atoms with Gasteiger partial charge in [-0.15, -0.1) is 0 Å². The minimum absolute atomic E-state index is 0.512. The molecule has 2 aromatic carbocycles. The molecule has 0 heterocycles. The molecule has 0 radical (unpaired) electrons. The van der Waals surface area contributed by atoms with Crippen molar-refractivity contribution in [3.8, 4) is 5.75 Å². The topological polar surface area (TPSA) is 55.6 Å². The van der Waals surface area contributed by atoms with Crippen LogP contribution in [-0.2, 0) is 9.47 Å². The predicted molar refractivity (Wildman–Crippen MR) is 120 cm³/mol. The van der Waals surface area contributed by atoms with Gasteiger partial charge in [-0.3, -0.25) is 0 Å². The van der Waals surface area contributed by atoms with Crippen LogP contribution < -0.4 is 9.64 Å². The van der Waals surface area contributed by atoms with E-state index in [2.05, 4.69) is 34.2 Å². The van der Waals surface area contributed by atoms with Crippen LogP contribution in [0.1, 0.15) is 24.5 Å². The van der Waals surface area contributed by atoms with E-state index < -0.39 is 0 Å². The zero-order chi connectivity index (χ0) is 20.7. The van der Waals surface area contributed by atoms with Crippen LogP contribution >= 0.6 is 0 Å². The van der Waals surface area contributed by atoms with Crippen molar-refractivity contribution >= 4 is 18.1 Å². The maximum Gasteiger partial charge on any atom is 0.119 e. The molecule has 0 N–H and O–H groups in total. The second-order valence-corrected chi connectivity index (χ2v) is 6.62. The van der Waals surface area contributed by atoms with Gasteiger partial charge in [0, 0.05) is 26.4 Å². The van der Waals surface area contributed by atoms with Crippen LogP contribution in [0.3, 0.4) is 0 Å². The van der Waals surface area contributed by atoms with E-state index in [1.807, 2.05) is 50.5 Å². The van der Waals surface area contributed by atoms with E-state index in [9.17, 15) is 0 Å². The molecule has 29 heavy (non-hydrogen) atoms. The Bertz CT molecular complexity index is 741. The fourth-order valence-electron chi connectivity index (χ4n) is 2.39. The van der Waals surface area contributed by atoms with E-state index >= 15 is 0 Å². The molecule has 0 spiro atoms. The van der Waals surface area contributed by atoms with Crippen molar-refractivity contribution in [3.63, 3.8) is 0 Å². The maximum atomic E-state index is 5.66. The lowest BCUT2D eigenvalue weighted by Crippen LogP contribution is -2.11. The van der Waals surface area contributed by atoms with Gasteiger partial charge in [0.2, 0.25) is 0 Å². The second kappa shape index (κ2) is 13.5. The Morgan fingerprint density at radius 3 is 1.79 bits per heavy atom. The molecule has 0 saturated heterocycles. The molecule has 6 nitrogen and oxygen atoms in total. The SMILES string of the molecule is CCCOCCOCCOc1ccc(/C=N/N=C/c2ccc(N(C)C)cc2)cc1. The first-order valence-corrected chi connectivity index (χ1v) is 9.91. The van der Waals surface area contributed by atoms with Gasteiger partial charge in [0.05, 0.1) is 32.2 Å². The summed E-state index contributed by atoms with van der Waals surface area (Å²) in [5.41, 5.74) is 3.12. The van der Waals surface area contributed by atoms with Gasteiger partial charge < -0.3 is 19.1 Å². The van der Waals surface area contributed by atoms with Gasteiger partial charge in [-0.05, 0) is 53.9 Å². The Kier molecular flexibility index (Phi) is 10.5. The van der Waals surface area contributed by atoms with E-state index in [-0.39, 0.29) is 0 Å². The molecule has 0 bridgehead atoms. The molecule has 0 unspecified atom stereocenters. The van der Waals surface area contributed by atoms with Crippen LogP contribution in [0, 0.1) is 0 Å². The number of benzene rings is 2. The molecule has 2 rings (SSSR count). The summed E-state index contributed by atoms with van der Waals surface area (Å²) >= 11 is 0. The molecule has 0 fully saturated rings. The summed E-state index contributed by atoms with van der Waals surface area (Å²) in [4.78, 5) is 2.06. The van der Waals surface area contributed by atoms with Gasteiger partial charge in [0.15, 0.2) is 0 Å². The molecular weight excluding hydrogens is 366 g/mol. The van der Waals surface area contributed by atoms with Crippen LogP contribution in [0.2, 0.25) is 0 Å². The molecule has 0 amide bonds. The Morgan fingerprint density at radius 1 is 0.724 bits per heavy atom. The van der Waals surface area contributed by atoms with Crippen molar-refractivity contribution in [2.45, 2.75) is 13.3 Å². The van der Waals surface area contributed by atoms with Crippen molar-refractivity contribution in [1.29, 1.82) is 0 Å². The molecule has 0 aliphatic heterocycles. The van der Waals surface area contributed by atoms with Crippen molar-refractivity contribution in [1.82, 2.24) is 0 Å². The fraction of sp³-hybridized carbons (Fsp3) is 0.391. The fourth-order valence-corrected chi connectivity index (χ4v) is 2.39. The first-order chi connectivity index (χ1) is 14.2. The number of hydrogen-bond acceptors (Lipinski definition) is 6. The molecular formula is C23H31N3O3. The first-order valence-electron chi connectivity index (χ1n) is 9.91. The lowest BCUT2D eigenvalue weighted by Gasteiger charge is -2.11. The number of hydrogen-bond donors (Lipinski definition) is 0. The largest absolute Gasteiger partial charge is 0.491 e. The van der Waals surface area contributed by atoms with E-state index in [4.69, 9.17) is 14.2 Å². The summed E-state index contributed by atoms with van der Waals surface area (Å²) in [5.74, 6) is 0.803. The van der Waals surface area contributed by atoms with Gasteiger partial charge in [0.1, 0.15) is 12.4 Å². The van der Waals surface area contributed by atoms with Gasteiger partial charge in [-0.2, -0.15) is 10.2 Å². The third kappa shape index (κ3) is 9.36. The average Bonchev–Trinajstić information content (AvgIpc) is 2.74. The van der Waals surface area contributed by atoms with Crippen LogP contribution in [0.25, 0.3) is 0 Å². The van der Waals surface area contributed by atoms with E-state index in [0.717, 1.165) is 35.6 Å². The van der Waals surface area contributed by atoms with E-state index in [1.54, 1.807) is 12.4 Å². The van der Waals surface area contributed by atoms with E-state index in [0.29, 0.717) is 26.4 Å². The van der Waals surface area contributed by atoms with Crippen LogP contribution in [0.4, 0.5) is 5.69 Å². The molecule has 0 atom stereocenters. The second-order valence-electron chi connectivity index (χ2n) is 6.62. The number of ether oxygens (including phenoxy) is 3. The summed E-state index contributed by atoms with van der Waals surface area (Å²) in [5, 5.41) is 8.21. The minimum atomic E-state index is 0.512. The summed E-state index contributed by atoms with van der Waals surface area (Å²) < 4.78 is 16.5. The molecule has 0 aromatic heterocycles. The summed E-state index contributed by atoms with van der Waals surface area (Å²) in [7, 11) is 4.03. The predicted octanol–water partition coefficient (Wildman–Crippen LogP) is 4.03. The van der Waals surface area contributed by atoms with Crippen LogP contribution in [0.5, 0.6) is 5.75 Å². The molecule has 2 aromatic rings. The highest BCUT2D eigenvalue weighted by Gasteiger charge is 1.96. The Morgan fingerprint density at radius 2 is 1.24 bits per heavy atom. The third-order valence-corrected chi connectivity index (χ3v) is 3.99. The monoisotopic (exact) mass is 397 g/mol. The first kappa shape index (κ1) is 22.6. The highest BCUT2D eigenvalue weighted by Crippen LogP contribution is 2.12. The third-order valence-electron chi connectivity index (χ3n) is 3.99. The number of rotatable bonds is 13. The quantitative estimate of drug-likeness (QED) is 0.291. The maximum absolute atomic E-state index is 5.66. The summed E-state index contributed by atoms with van der Waals surface area (Å²) in [6.07, 6.45) is 4.48. The van der Waals surface area contributed by atoms with Crippen LogP contribution in [0.15, 0.2) is 58.7 Å². The average molecular weight is 398 g/mol. The van der Waals surface area contributed by atoms with Gasteiger partial charge in [-0.25, -0.2) is 0 Å².